The molecule has 1 fully saturated rings. The summed E-state index contributed by atoms with van der Waals surface area (Å²) in [6.45, 7) is 5.49. The van der Waals surface area contributed by atoms with Crippen LogP contribution in [0.1, 0.15) is 26.7 Å². The molecule has 3 nitrogen and oxygen atoms in total. The van der Waals surface area contributed by atoms with Gasteiger partial charge in [0.15, 0.2) is 0 Å². The Labute approximate surface area is 113 Å². The summed E-state index contributed by atoms with van der Waals surface area (Å²) in [5, 5.41) is 2.66. The molecule has 19 heavy (non-hydrogen) atoms. The van der Waals surface area contributed by atoms with E-state index in [0.717, 1.165) is 31.5 Å². The van der Waals surface area contributed by atoms with Crippen LogP contribution < -0.4 is 10.2 Å². The first kappa shape index (κ1) is 13.6. The molecule has 2 rings (SSSR count). The van der Waals surface area contributed by atoms with Crippen LogP contribution in [0.2, 0.25) is 0 Å². The van der Waals surface area contributed by atoms with Gasteiger partial charge in [0.2, 0.25) is 5.91 Å². The molecule has 0 spiro atoms. The van der Waals surface area contributed by atoms with Gasteiger partial charge in [-0.15, -0.1) is 0 Å². The Morgan fingerprint density at radius 3 is 2.58 bits per heavy atom. The van der Waals surface area contributed by atoms with Crippen molar-refractivity contribution in [2.24, 2.45) is 0 Å². The van der Waals surface area contributed by atoms with Gasteiger partial charge >= 0.3 is 0 Å². The summed E-state index contributed by atoms with van der Waals surface area (Å²) in [4.78, 5) is 13.6. The topological polar surface area (TPSA) is 32.3 Å². The Bertz CT molecular complexity index is 501. The third-order valence-corrected chi connectivity index (χ3v) is 3.08. The quantitative estimate of drug-likeness (QED) is 0.847. The molecule has 1 aromatic rings. The number of nitrogens with one attached hydrogen (secondary N) is 1. The lowest BCUT2D eigenvalue weighted by molar-refractivity contribution is -0.111. The summed E-state index contributed by atoms with van der Waals surface area (Å²) in [6, 6.07) is 4.86. The predicted octanol–water partition coefficient (Wildman–Crippen LogP) is 3.33. The summed E-state index contributed by atoms with van der Waals surface area (Å²) < 4.78 is 14.0. The minimum absolute atomic E-state index is 0.228. The van der Waals surface area contributed by atoms with E-state index in [1.807, 2.05) is 18.7 Å². The van der Waals surface area contributed by atoms with Gasteiger partial charge in [0.25, 0.3) is 0 Å². The van der Waals surface area contributed by atoms with Gasteiger partial charge in [-0.05, 0) is 44.9 Å². The normalized spacial score (nSPS) is 14.4. The number of amides is 1. The van der Waals surface area contributed by atoms with Gasteiger partial charge in [0.05, 0.1) is 5.69 Å². The highest BCUT2D eigenvalue weighted by molar-refractivity contribution is 5.99. The third kappa shape index (κ3) is 3.56. The number of anilines is 2. The number of carbonyl (C=O) groups is 1. The molecule has 0 aromatic heterocycles. The number of nitrogens with zero attached hydrogens (tertiary/aromatic N) is 1. The molecule has 1 aromatic carbocycles. The number of hydrogen-bond donors (Lipinski definition) is 1. The zero-order valence-corrected chi connectivity index (χ0v) is 11.4. The zero-order valence-electron chi connectivity index (χ0n) is 11.4. The first-order valence-electron chi connectivity index (χ1n) is 6.56. The summed E-state index contributed by atoms with van der Waals surface area (Å²) in [5.41, 5.74) is 2.02. The summed E-state index contributed by atoms with van der Waals surface area (Å²) in [6.07, 6.45) is 3.71. The van der Waals surface area contributed by atoms with E-state index >= 15 is 0 Å². The average molecular weight is 262 g/mol. The van der Waals surface area contributed by atoms with Crippen molar-refractivity contribution in [2.75, 3.05) is 23.3 Å². The number of rotatable bonds is 3. The standard InChI is InChI=1S/C15H19FN2O/c1-11(2)9-15(19)17-12-5-6-14(13(16)10-12)18-7-3-4-8-18/h5-6,9-10H,3-4,7-8H2,1-2H3,(H,17,19). The second-order valence-corrected chi connectivity index (χ2v) is 5.07. The summed E-state index contributed by atoms with van der Waals surface area (Å²) >= 11 is 0. The molecule has 0 atom stereocenters. The van der Waals surface area contributed by atoms with Crippen molar-refractivity contribution in [1.82, 2.24) is 0 Å². The third-order valence-electron chi connectivity index (χ3n) is 3.08. The SMILES string of the molecule is CC(C)=CC(=O)Nc1ccc(N2CCCC2)c(F)c1. The van der Waals surface area contributed by atoms with Crippen LogP contribution in [0.25, 0.3) is 0 Å². The van der Waals surface area contributed by atoms with Crippen molar-refractivity contribution in [3.8, 4) is 0 Å². The number of halogens is 1. The first-order valence-corrected chi connectivity index (χ1v) is 6.56. The van der Waals surface area contributed by atoms with E-state index in [1.165, 1.54) is 12.1 Å². The molecule has 1 saturated heterocycles. The highest BCUT2D eigenvalue weighted by Crippen LogP contribution is 2.26. The molecule has 1 heterocycles. The van der Waals surface area contributed by atoms with E-state index in [2.05, 4.69) is 5.32 Å². The molecule has 1 amide bonds. The molecule has 4 heteroatoms. The Kier molecular flexibility index (Phi) is 4.20. The number of carbonyl (C=O) groups excluding carboxylic acids is 1. The van der Waals surface area contributed by atoms with Gasteiger partial charge in [0, 0.05) is 24.9 Å². The summed E-state index contributed by atoms with van der Waals surface area (Å²) in [5.74, 6) is -0.509. The number of hydrogen-bond acceptors (Lipinski definition) is 2. The van der Waals surface area contributed by atoms with Gasteiger partial charge < -0.3 is 10.2 Å². The molecular formula is C15H19FN2O. The summed E-state index contributed by atoms with van der Waals surface area (Å²) in [7, 11) is 0. The maximum absolute atomic E-state index is 14.0. The van der Waals surface area contributed by atoms with Crippen LogP contribution in [-0.4, -0.2) is 19.0 Å². The molecule has 0 unspecified atom stereocenters. The molecule has 0 saturated carbocycles. The molecule has 0 aliphatic carbocycles. The minimum atomic E-state index is -0.281. The number of allylic oxidation sites excluding steroid dienone is 1. The van der Waals surface area contributed by atoms with Crippen LogP contribution in [0.15, 0.2) is 29.8 Å². The van der Waals surface area contributed by atoms with E-state index in [1.54, 1.807) is 12.1 Å². The fourth-order valence-electron chi connectivity index (χ4n) is 2.24. The molecule has 1 aliphatic rings. The van der Waals surface area contributed by atoms with Crippen molar-refractivity contribution < 1.29 is 9.18 Å². The van der Waals surface area contributed by atoms with Gasteiger partial charge in [-0.2, -0.15) is 0 Å². The Morgan fingerprint density at radius 2 is 2.00 bits per heavy atom. The van der Waals surface area contributed by atoms with Crippen LogP contribution in [0.3, 0.4) is 0 Å². The second-order valence-electron chi connectivity index (χ2n) is 5.07. The Balaban J connectivity index is 2.10. The van der Waals surface area contributed by atoms with E-state index in [0.29, 0.717) is 11.4 Å². The Hall–Kier alpha value is -1.84. The van der Waals surface area contributed by atoms with Crippen molar-refractivity contribution in [2.45, 2.75) is 26.7 Å². The molecular weight excluding hydrogens is 243 g/mol. The fraction of sp³-hybridized carbons (Fsp3) is 0.400. The van der Waals surface area contributed by atoms with E-state index in [-0.39, 0.29) is 11.7 Å². The maximum Gasteiger partial charge on any atom is 0.248 e. The molecule has 0 radical (unpaired) electrons. The van der Waals surface area contributed by atoms with E-state index < -0.39 is 0 Å². The molecule has 1 aliphatic heterocycles. The van der Waals surface area contributed by atoms with E-state index in [9.17, 15) is 9.18 Å². The van der Waals surface area contributed by atoms with Crippen LogP contribution in [0.5, 0.6) is 0 Å². The lowest BCUT2D eigenvalue weighted by atomic mass is 10.2. The van der Waals surface area contributed by atoms with Crippen LogP contribution >= 0.6 is 0 Å². The first-order chi connectivity index (χ1) is 9.06. The monoisotopic (exact) mass is 262 g/mol. The van der Waals surface area contributed by atoms with Gasteiger partial charge in [-0.25, -0.2) is 4.39 Å². The zero-order chi connectivity index (χ0) is 13.8. The fourth-order valence-corrected chi connectivity index (χ4v) is 2.24. The van der Waals surface area contributed by atoms with Gasteiger partial charge in [-0.3, -0.25) is 4.79 Å². The molecule has 0 bridgehead atoms. The highest BCUT2D eigenvalue weighted by atomic mass is 19.1. The molecule has 1 N–H and O–H groups in total. The van der Waals surface area contributed by atoms with E-state index in [4.69, 9.17) is 0 Å². The van der Waals surface area contributed by atoms with Crippen molar-refractivity contribution in [3.05, 3.63) is 35.7 Å². The second kappa shape index (κ2) is 5.87. The van der Waals surface area contributed by atoms with Crippen molar-refractivity contribution in [3.63, 3.8) is 0 Å². The van der Waals surface area contributed by atoms with Crippen molar-refractivity contribution in [1.29, 1.82) is 0 Å². The molecule has 102 valence electrons. The highest BCUT2D eigenvalue weighted by Gasteiger charge is 2.16. The maximum atomic E-state index is 14.0. The average Bonchev–Trinajstić information content (AvgIpc) is 2.81. The lowest BCUT2D eigenvalue weighted by Gasteiger charge is -2.18. The number of benzene rings is 1. The van der Waals surface area contributed by atoms with Crippen LogP contribution in [-0.2, 0) is 4.79 Å². The van der Waals surface area contributed by atoms with Gasteiger partial charge in [0.1, 0.15) is 5.82 Å². The largest absolute Gasteiger partial charge is 0.369 e. The van der Waals surface area contributed by atoms with Crippen molar-refractivity contribution >= 4 is 17.3 Å². The smallest absolute Gasteiger partial charge is 0.248 e. The van der Waals surface area contributed by atoms with Crippen LogP contribution in [0, 0.1) is 5.82 Å². The van der Waals surface area contributed by atoms with Gasteiger partial charge in [-0.1, -0.05) is 5.57 Å². The predicted molar refractivity (Wildman–Crippen MR) is 75.9 cm³/mol. The minimum Gasteiger partial charge on any atom is -0.369 e. The van der Waals surface area contributed by atoms with Crippen LogP contribution in [0.4, 0.5) is 15.8 Å². The Morgan fingerprint density at radius 1 is 1.32 bits per heavy atom. The lowest BCUT2D eigenvalue weighted by Crippen LogP contribution is -2.19.